The Bertz CT molecular complexity index is 1220. The summed E-state index contributed by atoms with van der Waals surface area (Å²) in [7, 11) is 0. The van der Waals surface area contributed by atoms with Crippen LogP contribution in [0.25, 0.3) is 22.8 Å². The minimum Gasteiger partial charge on any atom is -0.487 e. The van der Waals surface area contributed by atoms with E-state index in [2.05, 4.69) is 15.1 Å². The first kappa shape index (κ1) is 20.7. The van der Waals surface area contributed by atoms with Crippen LogP contribution < -0.4 is 9.47 Å². The van der Waals surface area contributed by atoms with E-state index in [1.54, 1.807) is 17.3 Å². The number of benzene rings is 2. The van der Waals surface area contributed by atoms with Gasteiger partial charge in [-0.15, -0.1) is 0 Å². The third-order valence-corrected chi connectivity index (χ3v) is 5.33. The van der Waals surface area contributed by atoms with Gasteiger partial charge in [0.1, 0.15) is 17.6 Å². The fourth-order valence-electron chi connectivity index (χ4n) is 3.41. The lowest BCUT2D eigenvalue weighted by atomic mass is 10.1. The minimum absolute atomic E-state index is 0.0240. The van der Waals surface area contributed by atoms with E-state index >= 15 is 0 Å². The van der Waals surface area contributed by atoms with Crippen LogP contribution in [-0.2, 0) is 4.79 Å². The molecule has 8 heteroatoms. The number of carbonyl (C=O) groups is 1. The van der Waals surface area contributed by atoms with E-state index in [1.165, 1.54) is 0 Å². The first-order valence-corrected chi connectivity index (χ1v) is 10.6. The molecule has 1 saturated heterocycles. The van der Waals surface area contributed by atoms with Crippen molar-refractivity contribution in [3.8, 4) is 34.3 Å². The van der Waals surface area contributed by atoms with Crippen molar-refractivity contribution in [2.45, 2.75) is 13.0 Å². The summed E-state index contributed by atoms with van der Waals surface area (Å²) < 4.78 is 16.9. The highest BCUT2D eigenvalue weighted by molar-refractivity contribution is 5.78. The first-order valence-electron chi connectivity index (χ1n) is 10.6. The molecule has 1 aliphatic rings. The molecule has 166 valence electrons. The van der Waals surface area contributed by atoms with Crippen molar-refractivity contribution in [2.75, 3.05) is 19.7 Å². The van der Waals surface area contributed by atoms with Crippen molar-refractivity contribution in [3.63, 3.8) is 0 Å². The van der Waals surface area contributed by atoms with Crippen molar-refractivity contribution in [2.24, 2.45) is 0 Å². The minimum atomic E-state index is -0.0488. The molecule has 0 N–H and O–H groups in total. The summed E-state index contributed by atoms with van der Waals surface area (Å²) in [5.41, 5.74) is 2.74. The maximum atomic E-state index is 12.3. The number of carbonyl (C=O) groups excluding carboxylic acids is 1. The van der Waals surface area contributed by atoms with Crippen molar-refractivity contribution in [1.29, 1.82) is 0 Å². The Balaban J connectivity index is 1.10. The number of nitrogens with zero attached hydrogens (tertiary/aromatic N) is 4. The predicted octanol–water partition coefficient (Wildman–Crippen LogP) is 3.78. The molecule has 1 aliphatic heterocycles. The van der Waals surface area contributed by atoms with Gasteiger partial charge < -0.3 is 18.9 Å². The summed E-state index contributed by atoms with van der Waals surface area (Å²) in [6, 6.07) is 18.8. The van der Waals surface area contributed by atoms with Gasteiger partial charge in [0.05, 0.1) is 18.7 Å². The SMILES string of the molecule is Cc1ccc(OCC(=O)N2CC(Oc3ccc(-c4noc(-c5cccnc5)n4)cc3)C2)cc1. The van der Waals surface area contributed by atoms with Gasteiger partial charge in [-0.3, -0.25) is 9.78 Å². The van der Waals surface area contributed by atoms with Crippen LogP contribution in [0.2, 0.25) is 0 Å². The van der Waals surface area contributed by atoms with Gasteiger partial charge in [0.2, 0.25) is 5.82 Å². The van der Waals surface area contributed by atoms with Gasteiger partial charge in [0, 0.05) is 18.0 Å². The van der Waals surface area contributed by atoms with Crippen LogP contribution in [0.3, 0.4) is 0 Å². The maximum absolute atomic E-state index is 12.3. The third-order valence-electron chi connectivity index (χ3n) is 5.33. The van der Waals surface area contributed by atoms with Crippen LogP contribution in [0, 0.1) is 6.92 Å². The molecule has 0 aliphatic carbocycles. The molecule has 8 nitrogen and oxygen atoms in total. The van der Waals surface area contributed by atoms with Crippen molar-refractivity contribution >= 4 is 5.91 Å². The number of rotatable bonds is 7. The Hall–Kier alpha value is -4.20. The Morgan fingerprint density at radius 3 is 2.52 bits per heavy atom. The Morgan fingerprint density at radius 2 is 1.79 bits per heavy atom. The molecule has 1 fully saturated rings. The van der Waals surface area contributed by atoms with Crippen molar-refractivity contribution in [1.82, 2.24) is 20.0 Å². The smallest absolute Gasteiger partial charge is 0.260 e. The van der Waals surface area contributed by atoms with Crippen molar-refractivity contribution in [3.05, 3.63) is 78.6 Å². The molecule has 1 amide bonds. The molecule has 33 heavy (non-hydrogen) atoms. The van der Waals surface area contributed by atoms with Crippen LogP contribution in [0.1, 0.15) is 5.56 Å². The molecule has 5 rings (SSSR count). The molecule has 2 aromatic heterocycles. The zero-order chi connectivity index (χ0) is 22.6. The standard InChI is InChI=1S/C25H22N4O4/c1-17-4-8-20(9-5-17)31-16-23(30)29-14-22(15-29)32-21-10-6-18(7-11-21)24-27-25(33-28-24)19-3-2-12-26-13-19/h2-13,22H,14-16H2,1H3. The average molecular weight is 442 g/mol. The zero-order valence-electron chi connectivity index (χ0n) is 18.0. The summed E-state index contributed by atoms with van der Waals surface area (Å²) in [5.74, 6) is 2.28. The van der Waals surface area contributed by atoms with Crippen LogP contribution >= 0.6 is 0 Å². The van der Waals surface area contributed by atoms with Gasteiger partial charge in [-0.1, -0.05) is 22.9 Å². The number of hydrogen-bond acceptors (Lipinski definition) is 7. The lowest BCUT2D eigenvalue weighted by molar-refractivity contribution is -0.142. The summed E-state index contributed by atoms with van der Waals surface area (Å²) in [6.07, 6.45) is 3.33. The quantitative estimate of drug-likeness (QED) is 0.430. The summed E-state index contributed by atoms with van der Waals surface area (Å²) in [5, 5.41) is 4.04. The number of hydrogen-bond donors (Lipinski definition) is 0. The van der Waals surface area contributed by atoms with E-state index in [-0.39, 0.29) is 18.6 Å². The molecule has 0 bridgehead atoms. The summed E-state index contributed by atoms with van der Waals surface area (Å²) >= 11 is 0. The topological polar surface area (TPSA) is 90.6 Å². The third kappa shape index (κ3) is 4.85. The fraction of sp³-hybridized carbons (Fsp3) is 0.200. The maximum Gasteiger partial charge on any atom is 0.260 e. The Labute approximate surface area is 190 Å². The monoisotopic (exact) mass is 442 g/mol. The summed E-state index contributed by atoms with van der Waals surface area (Å²) in [4.78, 5) is 22.5. The van der Waals surface area contributed by atoms with Crippen LogP contribution in [0.15, 0.2) is 77.6 Å². The second-order valence-electron chi connectivity index (χ2n) is 7.83. The molecule has 4 aromatic rings. The number of aryl methyl sites for hydroxylation is 1. The van der Waals surface area contributed by atoms with Crippen LogP contribution in [-0.4, -0.2) is 51.7 Å². The van der Waals surface area contributed by atoms with Gasteiger partial charge in [0.15, 0.2) is 6.61 Å². The number of likely N-dealkylation sites (tertiary alicyclic amines) is 1. The van der Waals surface area contributed by atoms with E-state index in [0.29, 0.717) is 30.6 Å². The van der Waals surface area contributed by atoms with Crippen LogP contribution in [0.4, 0.5) is 0 Å². The zero-order valence-corrected chi connectivity index (χ0v) is 18.0. The largest absolute Gasteiger partial charge is 0.487 e. The molecule has 0 spiro atoms. The second-order valence-corrected chi connectivity index (χ2v) is 7.83. The predicted molar refractivity (Wildman–Crippen MR) is 121 cm³/mol. The van der Waals surface area contributed by atoms with E-state index in [1.807, 2.05) is 67.6 Å². The fourth-order valence-corrected chi connectivity index (χ4v) is 3.41. The van der Waals surface area contributed by atoms with Crippen LogP contribution in [0.5, 0.6) is 11.5 Å². The van der Waals surface area contributed by atoms with Gasteiger partial charge in [-0.05, 0) is 55.5 Å². The molecule has 2 aromatic carbocycles. The second kappa shape index (κ2) is 9.12. The van der Waals surface area contributed by atoms with Gasteiger partial charge in [0.25, 0.3) is 11.8 Å². The lowest BCUT2D eigenvalue weighted by Crippen LogP contribution is -2.57. The molecule has 0 atom stereocenters. The Kier molecular flexibility index (Phi) is 5.72. The molecular weight excluding hydrogens is 420 g/mol. The number of pyridine rings is 1. The molecular formula is C25H22N4O4. The first-order chi connectivity index (χ1) is 16.1. The normalized spacial score (nSPS) is 13.4. The van der Waals surface area contributed by atoms with Crippen molar-refractivity contribution < 1.29 is 18.8 Å². The van der Waals surface area contributed by atoms with E-state index in [0.717, 1.165) is 22.4 Å². The highest BCUT2D eigenvalue weighted by Gasteiger charge is 2.32. The Morgan fingerprint density at radius 1 is 1.03 bits per heavy atom. The number of amides is 1. The average Bonchev–Trinajstić information content (AvgIpc) is 3.32. The summed E-state index contributed by atoms with van der Waals surface area (Å²) in [6.45, 7) is 3.11. The molecule has 0 unspecified atom stereocenters. The van der Waals surface area contributed by atoms with E-state index < -0.39 is 0 Å². The molecule has 3 heterocycles. The van der Waals surface area contributed by atoms with E-state index in [9.17, 15) is 4.79 Å². The lowest BCUT2D eigenvalue weighted by Gasteiger charge is -2.38. The molecule has 0 radical (unpaired) electrons. The van der Waals surface area contributed by atoms with Gasteiger partial charge in [-0.2, -0.15) is 4.98 Å². The van der Waals surface area contributed by atoms with Gasteiger partial charge >= 0.3 is 0 Å². The van der Waals surface area contributed by atoms with E-state index in [4.69, 9.17) is 14.0 Å². The highest BCUT2D eigenvalue weighted by Crippen LogP contribution is 2.25. The highest BCUT2D eigenvalue weighted by atomic mass is 16.5. The number of aromatic nitrogens is 3. The molecule has 0 saturated carbocycles. The number of ether oxygens (including phenoxy) is 2. The van der Waals surface area contributed by atoms with Gasteiger partial charge in [-0.25, -0.2) is 0 Å².